The molecule has 0 bridgehead atoms. The molecule has 0 radical (unpaired) electrons. The predicted molar refractivity (Wildman–Crippen MR) is 65.8 cm³/mol. The van der Waals surface area contributed by atoms with E-state index in [2.05, 4.69) is 10.6 Å². The van der Waals surface area contributed by atoms with Gasteiger partial charge in [-0.25, -0.2) is 0 Å². The Morgan fingerprint density at radius 1 is 1.11 bits per heavy atom. The molecule has 0 saturated heterocycles. The maximum Gasteiger partial charge on any atom is 0.309 e. The second kappa shape index (κ2) is 8.05. The highest BCUT2D eigenvalue weighted by molar-refractivity contribution is 6.35. The molecule has 1 aliphatic carbocycles. The van der Waals surface area contributed by atoms with Crippen molar-refractivity contribution in [2.75, 3.05) is 20.8 Å². The molecular weight excluding hydrogens is 236 g/mol. The van der Waals surface area contributed by atoms with Gasteiger partial charge in [-0.3, -0.25) is 9.59 Å². The van der Waals surface area contributed by atoms with Gasteiger partial charge in [0.1, 0.15) is 0 Å². The number of nitrogens with one attached hydrogen (secondary N) is 2. The summed E-state index contributed by atoms with van der Waals surface area (Å²) in [5.41, 5.74) is 0. The molecule has 2 amide bonds. The number of rotatable bonds is 5. The third-order valence-electron chi connectivity index (χ3n) is 3.10. The van der Waals surface area contributed by atoms with E-state index in [-0.39, 0.29) is 12.6 Å². The smallest absolute Gasteiger partial charge is 0.309 e. The Balaban J connectivity index is 2.25. The van der Waals surface area contributed by atoms with Crippen LogP contribution in [0.4, 0.5) is 0 Å². The minimum Gasteiger partial charge on any atom is -0.354 e. The SMILES string of the molecule is COC(CNC(=O)C(=O)NC1CCCCC1)OC. The Labute approximate surface area is 107 Å². The summed E-state index contributed by atoms with van der Waals surface area (Å²) in [6, 6.07) is 0.137. The lowest BCUT2D eigenvalue weighted by atomic mass is 9.95. The zero-order valence-corrected chi connectivity index (χ0v) is 11.0. The summed E-state index contributed by atoms with van der Waals surface area (Å²) in [5.74, 6) is -1.22. The number of amides is 2. The van der Waals surface area contributed by atoms with Crippen LogP contribution in [-0.4, -0.2) is 44.9 Å². The molecule has 6 nitrogen and oxygen atoms in total. The van der Waals surface area contributed by atoms with E-state index < -0.39 is 18.1 Å². The Bertz CT molecular complexity index is 273. The van der Waals surface area contributed by atoms with Crippen molar-refractivity contribution >= 4 is 11.8 Å². The van der Waals surface area contributed by atoms with Crippen LogP contribution in [0.2, 0.25) is 0 Å². The van der Waals surface area contributed by atoms with Gasteiger partial charge in [0, 0.05) is 20.3 Å². The molecule has 0 aliphatic heterocycles. The molecule has 0 aromatic heterocycles. The lowest BCUT2D eigenvalue weighted by molar-refractivity contribution is -0.142. The zero-order valence-electron chi connectivity index (χ0n) is 11.0. The van der Waals surface area contributed by atoms with E-state index in [0.717, 1.165) is 25.7 Å². The van der Waals surface area contributed by atoms with Gasteiger partial charge in [-0.05, 0) is 12.8 Å². The first-order valence-corrected chi connectivity index (χ1v) is 6.31. The molecule has 1 rings (SSSR count). The molecule has 1 aliphatic rings. The van der Waals surface area contributed by atoms with Crippen molar-refractivity contribution in [3.05, 3.63) is 0 Å². The lowest BCUT2D eigenvalue weighted by Gasteiger charge is -2.22. The second-order valence-electron chi connectivity index (χ2n) is 4.42. The van der Waals surface area contributed by atoms with Crippen molar-refractivity contribution in [1.29, 1.82) is 0 Å². The van der Waals surface area contributed by atoms with Crippen molar-refractivity contribution in [3.63, 3.8) is 0 Å². The summed E-state index contributed by atoms with van der Waals surface area (Å²) >= 11 is 0. The predicted octanol–water partition coefficient (Wildman–Crippen LogP) is 0.170. The minimum absolute atomic E-state index is 0.137. The highest BCUT2D eigenvalue weighted by atomic mass is 16.7. The number of hydrogen-bond acceptors (Lipinski definition) is 4. The lowest BCUT2D eigenvalue weighted by Crippen LogP contribution is -2.47. The Morgan fingerprint density at radius 2 is 1.72 bits per heavy atom. The third kappa shape index (κ3) is 5.01. The first kappa shape index (κ1) is 14.9. The third-order valence-corrected chi connectivity index (χ3v) is 3.10. The number of methoxy groups -OCH3 is 2. The fourth-order valence-corrected chi connectivity index (χ4v) is 2.02. The van der Waals surface area contributed by atoms with Crippen molar-refractivity contribution in [2.24, 2.45) is 0 Å². The highest BCUT2D eigenvalue weighted by Gasteiger charge is 2.20. The Morgan fingerprint density at radius 3 is 2.28 bits per heavy atom. The van der Waals surface area contributed by atoms with Gasteiger partial charge in [-0.15, -0.1) is 0 Å². The van der Waals surface area contributed by atoms with Gasteiger partial charge in [-0.1, -0.05) is 19.3 Å². The van der Waals surface area contributed by atoms with Crippen LogP contribution >= 0.6 is 0 Å². The van der Waals surface area contributed by atoms with Crippen LogP contribution < -0.4 is 10.6 Å². The molecule has 104 valence electrons. The van der Waals surface area contributed by atoms with Crippen molar-refractivity contribution in [2.45, 2.75) is 44.4 Å². The number of carbonyl (C=O) groups excluding carboxylic acids is 2. The number of carbonyl (C=O) groups is 2. The molecule has 0 aromatic rings. The molecule has 0 unspecified atom stereocenters. The fraction of sp³-hybridized carbons (Fsp3) is 0.833. The van der Waals surface area contributed by atoms with E-state index in [0.29, 0.717) is 0 Å². The van der Waals surface area contributed by atoms with E-state index in [1.807, 2.05) is 0 Å². The first-order valence-electron chi connectivity index (χ1n) is 6.31. The molecule has 0 atom stereocenters. The average Bonchev–Trinajstić information content (AvgIpc) is 2.40. The molecule has 0 heterocycles. The fourth-order valence-electron chi connectivity index (χ4n) is 2.02. The van der Waals surface area contributed by atoms with E-state index in [4.69, 9.17) is 9.47 Å². The molecule has 18 heavy (non-hydrogen) atoms. The Hall–Kier alpha value is -1.14. The van der Waals surface area contributed by atoms with Gasteiger partial charge < -0.3 is 20.1 Å². The molecular formula is C12H22N2O4. The van der Waals surface area contributed by atoms with Gasteiger partial charge in [0.15, 0.2) is 6.29 Å². The first-order chi connectivity index (χ1) is 8.67. The number of hydrogen-bond donors (Lipinski definition) is 2. The minimum atomic E-state index is -0.639. The average molecular weight is 258 g/mol. The van der Waals surface area contributed by atoms with Crippen LogP contribution in [-0.2, 0) is 19.1 Å². The van der Waals surface area contributed by atoms with Crippen LogP contribution in [0.3, 0.4) is 0 Å². The van der Waals surface area contributed by atoms with Crippen LogP contribution in [0.5, 0.6) is 0 Å². The van der Waals surface area contributed by atoms with Crippen LogP contribution in [0.1, 0.15) is 32.1 Å². The van der Waals surface area contributed by atoms with E-state index in [1.54, 1.807) is 0 Å². The monoisotopic (exact) mass is 258 g/mol. The van der Waals surface area contributed by atoms with Crippen molar-refractivity contribution in [1.82, 2.24) is 10.6 Å². The van der Waals surface area contributed by atoms with Crippen LogP contribution in [0, 0.1) is 0 Å². The van der Waals surface area contributed by atoms with Crippen LogP contribution in [0.15, 0.2) is 0 Å². The molecule has 0 aromatic carbocycles. The van der Waals surface area contributed by atoms with Crippen LogP contribution in [0.25, 0.3) is 0 Å². The maximum absolute atomic E-state index is 11.6. The summed E-state index contributed by atoms with van der Waals surface area (Å²) < 4.78 is 9.82. The van der Waals surface area contributed by atoms with Gasteiger partial charge >= 0.3 is 11.8 Å². The molecule has 6 heteroatoms. The summed E-state index contributed by atoms with van der Waals surface area (Å²) in [6.07, 6.45) is 4.82. The Kier molecular flexibility index (Phi) is 6.67. The van der Waals surface area contributed by atoms with Gasteiger partial charge in [0.05, 0.1) is 6.54 Å². The second-order valence-corrected chi connectivity index (χ2v) is 4.42. The molecule has 1 fully saturated rings. The molecule has 1 saturated carbocycles. The van der Waals surface area contributed by atoms with Gasteiger partial charge in [0.25, 0.3) is 0 Å². The van der Waals surface area contributed by atoms with E-state index in [1.165, 1.54) is 20.6 Å². The van der Waals surface area contributed by atoms with Crippen molar-refractivity contribution in [3.8, 4) is 0 Å². The summed E-state index contributed by atoms with van der Waals surface area (Å²) in [4.78, 5) is 23.1. The van der Waals surface area contributed by atoms with Gasteiger partial charge in [0.2, 0.25) is 0 Å². The quantitative estimate of drug-likeness (QED) is 0.544. The summed E-state index contributed by atoms with van der Waals surface area (Å²) in [5, 5.41) is 5.22. The van der Waals surface area contributed by atoms with E-state index in [9.17, 15) is 9.59 Å². The highest BCUT2D eigenvalue weighted by Crippen LogP contribution is 2.17. The zero-order chi connectivity index (χ0) is 13.4. The standard InChI is InChI=1S/C12H22N2O4/c1-17-10(18-2)8-13-11(15)12(16)14-9-6-4-3-5-7-9/h9-10H,3-8H2,1-2H3,(H,13,15)(H,14,16). The van der Waals surface area contributed by atoms with Gasteiger partial charge in [-0.2, -0.15) is 0 Å². The summed E-state index contributed by atoms with van der Waals surface area (Å²) in [7, 11) is 2.95. The van der Waals surface area contributed by atoms with Crippen molar-refractivity contribution < 1.29 is 19.1 Å². The van der Waals surface area contributed by atoms with E-state index >= 15 is 0 Å². The number of ether oxygens (including phenoxy) is 2. The maximum atomic E-state index is 11.6. The molecule has 0 spiro atoms. The molecule has 2 N–H and O–H groups in total. The largest absolute Gasteiger partial charge is 0.354 e. The summed E-state index contributed by atoms with van der Waals surface area (Å²) in [6.45, 7) is 0.157. The topological polar surface area (TPSA) is 76.7 Å². The normalized spacial score (nSPS) is 16.6.